The zero-order chi connectivity index (χ0) is 0. The van der Waals surface area contributed by atoms with E-state index in [1.54, 1.807) is 0 Å². The number of rotatable bonds is 0. The van der Waals surface area contributed by atoms with E-state index in [9.17, 15) is 0 Å². The van der Waals surface area contributed by atoms with Gasteiger partial charge in [-0.25, -0.2) is 0 Å². The standard InChI is InChI=1S/Mn.Ni.Pd.Rh. The van der Waals surface area contributed by atoms with Crippen molar-refractivity contribution in [3.05, 3.63) is 0 Å². The van der Waals surface area contributed by atoms with Crippen LogP contribution in [0.25, 0.3) is 0 Å². The van der Waals surface area contributed by atoms with Gasteiger partial charge in [-0.15, -0.1) is 0 Å². The fourth-order valence-corrected chi connectivity index (χ4v) is 0. The minimum Gasteiger partial charge on any atom is 0 e. The molecule has 0 fully saturated rings. The molecule has 0 spiro atoms. The third-order valence-electron chi connectivity index (χ3n) is 0. The molecule has 0 amide bonds. The van der Waals surface area contributed by atoms with Crippen molar-refractivity contribution < 1.29 is 73.5 Å². The molecule has 0 saturated heterocycles. The summed E-state index contributed by atoms with van der Waals surface area (Å²) in [6, 6.07) is 0. The van der Waals surface area contributed by atoms with Gasteiger partial charge in [0.2, 0.25) is 0 Å². The van der Waals surface area contributed by atoms with Crippen LogP contribution in [0.2, 0.25) is 0 Å². The van der Waals surface area contributed by atoms with E-state index in [4.69, 9.17) is 0 Å². The Bertz CT molecular complexity index is 8.00. The van der Waals surface area contributed by atoms with Crippen molar-refractivity contribution in [2.45, 2.75) is 0 Å². The zero-order valence-electron chi connectivity index (χ0n) is 1.34. The summed E-state index contributed by atoms with van der Waals surface area (Å²) < 4.78 is 0. The normalized spacial score (nSPS) is 0. The van der Waals surface area contributed by atoms with E-state index in [1.165, 1.54) is 0 Å². The van der Waals surface area contributed by atoms with Crippen LogP contribution >= 0.6 is 0 Å². The smallest absolute Gasteiger partial charge is 0 e. The van der Waals surface area contributed by atoms with Crippen LogP contribution in [0.3, 0.4) is 0 Å². The summed E-state index contributed by atoms with van der Waals surface area (Å²) in [5, 5.41) is 0. The first-order valence-electron chi connectivity index (χ1n) is 0. The maximum Gasteiger partial charge on any atom is 0 e. The molecule has 0 unspecified atom stereocenters. The Morgan fingerprint density at radius 2 is 1.00 bits per heavy atom. The van der Waals surface area contributed by atoms with Crippen LogP contribution in [-0.2, 0) is 73.5 Å². The number of hydrogen-bond donors (Lipinski definition) is 0. The molecule has 0 aliphatic rings. The third-order valence-corrected chi connectivity index (χ3v) is 0. The Hall–Kier alpha value is 2.30. The molecule has 36 valence electrons. The van der Waals surface area contributed by atoms with Crippen LogP contribution < -0.4 is 0 Å². The van der Waals surface area contributed by atoms with Crippen molar-refractivity contribution in [1.82, 2.24) is 0 Å². The second-order valence-electron chi connectivity index (χ2n) is 0. The quantitative estimate of drug-likeness (QED) is 0.550. The van der Waals surface area contributed by atoms with Crippen molar-refractivity contribution in [2.75, 3.05) is 0 Å². The molecule has 4 heteroatoms. The van der Waals surface area contributed by atoms with E-state index in [0.717, 1.165) is 0 Å². The topological polar surface area (TPSA) is 0 Å². The maximum atomic E-state index is 0. The van der Waals surface area contributed by atoms with Gasteiger partial charge in [-0.1, -0.05) is 0 Å². The summed E-state index contributed by atoms with van der Waals surface area (Å²) in [5.74, 6) is 0. The summed E-state index contributed by atoms with van der Waals surface area (Å²) in [4.78, 5) is 0. The second kappa shape index (κ2) is 18.5. The van der Waals surface area contributed by atoms with Crippen LogP contribution in [0, 0.1) is 0 Å². The fourth-order valence-electron chi connectivity index (χ4n) is 0. The van der Waals surface area contributed by atoms with Gasteiger partial charge >= 0.3 is 0 Å². The van der Waals surface area contributed by atoms with E-state index < -0.39 is 0 Å². The monoisotopic (exact) mass is 322 g/mol. The Morgan fingerprint density at radius 3 is 1.00 bits per heavy atom. The molecule has 2 radical (unpaired) electrons. The summed E-state index contributed by atoms with van der Waals surface area (Å²) in [6.07, 6.45) is 0. The van der Waals surface area contributed by atoms with E-state index in [2.05, 4.69) is 0 Å². The average Bonchev–Trinajstić information content (AvgIpc) is 0. The molecule has 0 atom stereocenters. The number of hydrogen-bond acceptors (Lipinski definition) is 0. The van der Waals surface area contributed by atoms with Crippen molar-refractivity contribution >= 4 is 0 Å². The minimum absolute atomic E-state index is 0. The molecule has 0 aliphatic carbocycles. The first kappa shape index (κ1) is 33.5. The molecule has 0 heterocycles. The molecular formula is MnNiPdRh. The maximum absolute atomic E-state index is 0. The largest absolute Gasteiger partial charge is 0 e. The van der Waals surface area contributed by atoms with Gasteiger partial charge in [0.05, 0.1) is 0 Å². The van der Waals surface area contributed by atoms with Crippen LogP contribution in [-0.4, -0.2) is 0 Å². The molecule has 0 aliphatic heterocycles. The summed E-state index contributed by atoms with van der Waals surface area (Å²) >= 11 is 0. The predicted molar refractivity (Wildman–Crippen MR) is 0 cm³/mol. The molecular weight excluding hydrogens is 323 g/mol. The van der Waals surface area contributed by atoms with E-state index >= 15 is 0 Å². The van der Waals surface area contributed by atoms with Gasteiger partial charge in [0, 0.05) is 73.5 Å². The fraction of sp³-hybridized carbons (Fsp3) is 0. The van der Waals surface area contributed by atoms with Gasteiger partial charge in [0.15, 0.2) is 0 Å². The van der Waals surface area contributed by atoms with Crippen LogP contribution in [0.4, 0.5) is 0 Å². The summed E-state index contributed by atoms with van der Waals surface area (Å²) in [7, 11) is 0. The van der Waals surface area contributed by atoms with Gasteiger partial charge in [0.1, 0.15) is 0 Å². The van der Waals surface area contributed by atoms with Gasteiger partial charge < -0.3 is 0 Å². The first-order valence-corrected chi connectivity index (χ1v) is 0. The Kier molecular flexibility index (Phi) is 155. The van der Waals surface area contributed by atoms with Gasteiger partial charge in [-0.2, -0.15) is 0 Å². The zero-order valence-corrected chi connectivity index (χ0v) is 6.71. The molecule has 0 rings (SSSR count). The van der Waals surface area contributed by atoms with Crippen LogP contribution in [0.5, 0.6) is 0 Å². The molecule has 0 nitrogen and oxygen atoms in total. The molecule has 4 heavy (non-hydrogen) atoms. The molecule has 0 N–H and O–H groups in total. The average molecular weight is 323 g/mol. The molecule has 0 aromatic rings. The van der Waals surface area contributed by atoms with Crippen molar-refractivity contribution in [3.8, 4) is 0 Å². The molecule has 0 aromatic carbocycles. The van der Waals surface area contributed by atoms with Gasteiger partial charge in [-0.3, -0.25) is 0 Å². The predicted octanol–water partition coefficient (Wildman–Crippen LogP) is -0.0100. The van der Waals surface area contributed by atoms with Crippen molar-refractivity contribution in [2.24, 2.45) is 0 Å². The SMILES string of the molecule is [Mn].[Ni].[Pd].[Rh]. The van der Waals surface area contributed by atoms with E-state index in [1.807, 2.05) is 0 Å². The van der Waals surface area contributed by atoms with Gasteiger partial charge in [0.25, 0.3) is 0 Å². The molecule has 0 saturated carbocycles. The second-order valence-corrected chi connectivity index (χ2v) is 0. The Labute approximate surface area is 72.7 Å². The first-order chi connectivity index (χ1) is 0. The molecule has 0 bridgehead atoms. The summed E-state index contributed by atoms with van der Waals surface area (Å²) in [5.41, 5.74) is 0. The van der Waals surface area contributed by atoms with Crippen molar-refractivity contribution in [1.29, 1.82) is 0 Å². The van der Waals surface area contributed by atoms with Crippen LogP contribution in [0.1, 0.15) is 0 Å². The van der Waals surface area contributed by atoms with E-state index in [0.29, 0.717) is 0 Å². The molecule has 0 aromatic heterocycles. The third kappa shape index (κ3) is 8.85. The Balaban J connectivity index is 0. The van der Waals surface area contributed by atoms with Crippen LogP contribution in [0.15, 0.2) is 0 Å². The Morgan fingerprint density at radius 1 is 1.00 bits per heavy atom. The van der Waals surface area contributed by atoms with Crippen molar-refractivity contribution in [3.63, 3.8) is 0 Å². The van der Waals surface area contributed by atoms with E-state index in [-0.39, 0.29) is 73.5 Å². The van der Waals surface area contributed by atoms with Gasteiger partial charge in [-0.05, 0) is 0 Å². The minimum atomic E-state index is 0. The summed E-state index contributed by atoms with van der Waals surface area (Å²) in [6.45, 7) is 0.